The van der Waals surface area contributed by atoms with E-state index in [0.29, 0.717) is 5.96 Å². The van der Waals surface area contributed by atoms with Crippen molar-refractivity contribution >= 4 is 19.8 Å². The number of rotatable bonds is 0. The maximum absolute atomic E-state index is 5.07. The highest BCUT2D eigenvalue weighted by molar-refractivity contribution is 6.13. The lowest BCUT2D eigenvalue weighted by Crippen LogP contribution is -2.50. The molecule has 1 heterocycles. The highest BCUT2D eigenvalue weighted by Crippen LogP contribution is 2.00. The molecule has 0 bridgehead atoms. The van der Waals surface area contributed by atoms with Crippen molar-refractivity contribution in [2.45, 2.75) is 20.0 Å². The molecule has 11 heavy (non-hydrogen) atoms. The SMILES string of the molecule is [B]N=C1N=C(C)N(C)C(C)N1. The molecular weight excluding hydrogens is 139 g/mol. The molecule has 5 heteroatoms. The lowest BCUT2D eigenvalue weighted by atomic mass is 10.4. The van der Waals surface area contributed by atoms with Gasteiger partial charge in [0, 0.05) is 7.05 Å². The van der Waals surface area contributed by atoms with Gasteiger partial charge in [-0.2, -0.15) is 0 Å². The Kier molecular flexibility index (Phi) is 2.17. The second-order valence-electron chi connectivity index (χ2n) is 2.54. The summed E-state index contributed by atoms with van der Waals surface area (Å²) in [7, 11) is 7.04. The molecule has 0 fully saturated rings. The van der Waals surface area contributed by atoms with Crippen LogP contribution < -0.4 is 5.32 Å². The van der Waals surface area contributed by atoms with E-state index >= 15 is 0 Å². The number of aliphatic imine (C=N–C) groups is 1. The molecule has 0 aromatic carbocycles. The fourth-order valence-corrected chi connectivity index (χ4v) is 0.894. The molecule has 1 unspecified atom stereocenters. The minimum Gasteiger partial charge on any atom is -0.343 e. The van der Waals surface area contributed by atoms with Crippen LogP contribution in [0, 0.1) is 0 Å². The van der Waals surface area contributed by atoms with E-state index < -0.39 is 0 Å². The minimum atomic E-state index is 0.204. The topological polar surface area (TPSA) is 40.0 Å². The molecule has 4 nitrogen and oxygen atoms in total. The fourth-order valence-electron chi connectivity index (χ4n) is 0.894. The maximum atomic E-state index is 5.07. The van der Waals surface area contributed by atoms with E-state index in [4.69, 9.17) is 7.98 Å². The number of hydrogen-bond acceptors (Lipinski definition) is 2. The Morgan fingerprint density at radius 3 is 2.82 bits per heavy atom. The number of nitrogens with zero attached hydrogens (tertiary/aromatic N) is 3. The zero-order valence-corrected chi connectivity index (χ0v) is 7.00. The van der Waals surface area contributed by atoms with Crippen LogP contribution in [0.15, 0.2) is 9.90 Å². The molecule has 1 N–H and O–H groups in total. The Balaban J connectivity index is 2.85. The fraction of sp³-hybridized carbons (Fsp3) is 0.667. The van der Waals surface area contributed by atoms with Crippen molar-refractivity contribution in [3.8, 4) is 0 Å². The monoisotopic (exact) mass is 150 g/mol. The van der Waals surface area contributed by atoms with E-state index in [-0.39, 0.29) is 6.17 Å². The second-order valence-corrected chi connectivity index (χ2v) is 2.54. The second kappa shape index (κ2) is 2.94. The summed E-state index contributed by atoms with van der Waals surface area (Å²) in [5, 5.41) is 3.01. The van der Waals surface area contributed by atoms with Crippen molar-refractivity contribution in [1.82, 2.24) is 10.2 Å². The third-order valence-corrected chi connectivity index (χ3v) is 1.82. The van der Waals surface area contributed by atoms with Crippen LogP contribution in [-0.2, 0) is 0 Å². The molecule has 2 radical (unpaired) electrons. The van der Waals surface area contributed by atoms with Gasteiger partial charge in [-0.05, 0) is 13.8 Å². The number of nitrogens with one attached hydrogen (secondary N) is 1. The Labute approximate surface area is 67.8 Å². The largest absolute Gasteiger partial charge is 0.343 e. The Hall–Kier alpha value is -0.995. The molecule has 0 saturated carbocycles. The van der Waals surface area contributed by atoms with Gasteiger partial charge in [0.15, 0.2) is 0 Å². The highest BCUT2D eigenvalue weighted by atomic mass is 15.4. The summed E-state index contributed by atoms with van der Waals surface area (Å²) >= 11 is 0. The van der Waals surface area contributed by atoms with Crippen LogP contribution in [0.4, 0.5) is 0 Å². The summed E-state index contributed by atoms with van der Waals surface area (Å²) < 4.78 is 0. The van der Waals surface area contributed by atoms with Crippen molar-refractivity contribution in [1.29, 1.82) is 0 Å². The summed E-state index contributed by atoms with van der Waals surface area (Å²) in [6.07, 6.45) is 0.204. The van der Waals surface area contributed by atoms with Crippen LogP contribution in [0.1, 0.15) is 13.8 Å². The number of amidine groups is 1. The van der Waals surface area contributed by atoms with Gasteiger partial charge in [-0.25, -0.2) is 4.99 Å². The predicted octanol–water partition coefficient (Wildman–Crippen LogP) is -0.275. The van der Waals surface area contributed by atoms with Gasteiger partial charge in [-0.1, -0.05) is 0 Å². The van der Waals surface area contributed by atoms with Crippen LogP contribution in [-0.4, -0.2) is 37.9 Å². The zero-order chi connectivity index (χ0) is 8.43. The van der Waals surface area contributed by atoms with E-state index in [2.05, 4.69) is 15.2 Å². The minimum absolute atomic E-state index is 0.204. The van der Waals surface area contributed by atoms with Gasteiger partial charge in [0.25, 0.3) is 7.98 Å². The van der Waals surface area contributed by atoms with Crippen molar-refractivity contribution in [2.24, 2.45) is 9.90 Å². The average Bonchev–Trinajstić information content (AvgIpc) is 1.99. The van der Waals surface area contributed by atoms with Crippen LogP contribution in [0.2, 0.25) is 0 Å². The first-order chi connectivity index (χ1) is 5.15. The van der Waals surface area contributed by atoms with Crippen LogP contribution >= 0.6 is 0 Å². The smallest absolute Gasteiger partial charge is 0.264 e. The first kappa shape index (κ1) is 8.10. The molecule has 0 aromatic heterocycles. The maximum Gasteiger partial charge on any atom is 0.264 e. The molecule has 0 amide bonds. The van der Waals surface area contributed by atoms with Gasteiger partial charge in [0.1, 0.15) is 5.84 Å². The lowest BCUT2D eigenvalue weighted by molar-refractivity contribution is 0.357. The summed E-state index contributed by atoms with van der Waals surface area (Å²) in [4.78, 5) is 9.57. The van der Waals surface area contributed by atoms with E-state index in [1.54, 1.807) is 0 Å². The van der Waals surface area contributed by atoms with Crippen LogP contribution in [0.25, 0.3) is 0 Å². The first-order valence-corrected chi connectivity index (χ1v) is 3.47. The highest BCUT2D eigenvalue weighted by Gasteiger charge is 2.16. The standard InChI is InChI=1S/C6H11BN4/c1-4-8-6(10-7)9-5(2)11(4)3/h4H,1-3H3,(H,8,10). The van der Waals surface area contributed by atoms with Crippen molar-refractivity contribution in [2.75, 3.05) is 7.05 Å². The molecule has 0 aliphatic carbocycles. The van der Waals surface area contributed by atoms with Crippen molar-refractivity contribution in [3.05, 3.63) is 0 Å². The lowest BCUT2D eigenvalue weighted by Gasteiger charge is -2.31. The molecule has 0 saturated heterocycles. The summed E-state index contributed by atoms with van der Waals surface area (Å²) in [5.41, 5.74) is 0. The zero-order valence-electron chi connectivity index (χ0n) is 7.00. The summed E-state index contributed by atoms with van der Waals surface area (Å²) in [6.45, 7) is 3.94. The molecule has 0 aromatic rings. The van der Waals surface area contributed by atoms with Gasteiger partial charge < -0.3 is 15.1 Å². The third-order valence-electron chi connectivity index (χ3n) is 1.82. The number of hydrogen-bond donors (Lipinski definition) is 1. The molecule has 0 spiro atoms. The Morgan fingerprint density at radius 1 is 1.73 bits per heavy atom. The summed E-state index contributed by atoms with van der Waals surface area (Å²) in [6, 6.07) is 0. The van der Waals surface area contributed by atoms with E-state index in [1.165, 1.54) is 0 Å². The van der Waals surface area contributed by atoms with Crippen molar-refractivity contribution in [3.63, 3.8) is 0 Å². The molecule has 1 rings (SSSR count). The summed E-state index contributed by atoms with van der Waals surface area (Å²) in [5.74, 6) is 1.41. The Bertz CT molecular complexity index is 211. The molecule has 1 atom stereocenters. The van der Waals surface area contributed by atoms with Crippen LogP contribution in [0.5, 0.6) is 0 Å². The van der Waals surface area contributed by atoms with E-state index in [1.807, 2.05) is 25.8 Å². The van der Waals surface area contributed by atoms with E-state index in [9.17, 15) is 0 Å². The number of guanidine groups is 1. The normalized spacial score (nSPS) is 28.3. The molecule has 1 aliphatic rings. The van der Waals surface area contributed by atoms with Crippen molar-refractivity contribution < 1.29 is 0 Å². The van der Waals surface area contributed by atoms with Gasteiger partial charge in [0.05, 0.1) is 6.17 Å². The average molecular weight is 150 g/mol. The quantitative estimate of drug-likeness (QED) is 0.482. The third kappa shape index (κ3) is 1.53. The van der Waals surface area contributed by atoms with Gasteiger partial charge in [-0.15, -0.1) is 0 Å². The molecular formula is C6H11BN4. The Morgan fingerprint density at radius 2 is 2.36 bits per heavy atom. The molecule has 58 valence electrons. The van der Waals surface area contributed by atoms with E-state index in [0.717, 1.165) is 5.84 Å². The first-order valence-electron chi connectivity index (χ1n) is 3.47. The van der Waals surface area contributed by atoms with Gasteiger partial charge in [0.2, 0.25) is 5.96 Å². The van der Waals surface area contributed by atoms with Gasteiger partial charge >= 0.3 is 0 Å². The predicted molar refractivity (Wildman–Crippen MR) is 46.7 cm³/mol. The van der Waals surface area contributed by atoms with Crippen LogP contribution in [0.3, 0.4) is 0 Å². The van der Waals surface area contributed by atoms with Gasteiger partial charge in [-0.3, -0.25) is 0 Å². The molecule has 1 aliphatic heterocycles.